The predicted octanol–water partition coefficient (Wildman–Crippen LogP) is 4.17. The Bertz CT molecular complexity index is 327. The molecule has 0 aromatic heterocycles. The Kier molecular flexibility index (Phi) is 7.45. The van der Waals surface area contributed by atoms with E-state index in [2.05, 4.69) is 51.2 Å². The Balaban J connectivity index is 2.10. The number of hydrogen-bond donors (Lipinski definition) is 1. The number of rotatable bonds is 8. The van der Waals surface area contributed by atoms with Crippen LogP contribution in [-0.4, -0.2) is 18.8 Å². The van der Waals surface area contributed by atoms with Gasteiger partial charge in [-0.05, 0) is 38.3 Å². The summed E-state index contributed by atoms with van der Waals surface area (Å²) in [5.74, 6) is 3.14. The van der Waals surface area contributed by atoms with Crippen molar-refractivity contribution < 1.29 is 0 Å². The summed E-state index contributed by atoms with van der Waals surface area (Å²) in [5, 5.41) is 3.50. The fourth-order valence-electron chi connectivity index (χ4n) is 2.00. The van der Waals surface area contributed by atoms with E-state index < -0.39 is 0 Å². The van der Waals surface area contributed by atoms with E-state index in [0.29, 0.717) is 0 Å². The van der Waals surface area contributed by atoms with Gasteiger partial charge >= 0.3 is 0 Å². The molecule has 0 fully saturated rings. The molecule has 0 spiro atoms. The lowest BCUT2D eigenvalue weighted by atomic mass is 10.1. The van der Waals surface area contributed by atoms with Crippen molar-refractivity contribution in [2.45, 2.75) is 39.9 Å². The molecule has 1 rings (SSSR count). The monoisotopic (exact) mass is 265 g/mol. The first kappa shape index (κ1) is 15.6. The molecule has 0 unspecified atom stereocenters. The van der Waals surface area contributed by atoms with Gasteiger partial charge in [-0.3, -0.25) is 0 Å². The molecule has 0 amide bonds. The van der Waals surface area contributed by atoms with Gasteiger partial charge in [-0.2, -0.15) is 11.8 Å². The molecule has 102 valence electrons. The molecule has 0 aliphatic rings. The first-order valence-corrected chi connectivity index (χ1v) is 8.09. The summed E-state index contributed by atoms with van der Waals surface area (Å²) in [5.41, 5.74) is 4.21. The van der Waals surface area contributed by atoms with Crippen LogP contribution in [0.3, 0.4) is 0 Å². The second-order valence-corrected chi connectivity index (χ2v) is 6.59. The van der Waals surface area contributed by atoms with Crippen molar-refractivity contribution >= 4 is 11.8 Å². The molecule has 0 aliphatic carbocycles. The maximum atomic E-state index is 3.50. The zero-order valence-electron chi connectivity index (χ0n) is 12.3. The van der Waals surface area contributed by atoms with Crippen LogP contribution in [0.5, 0.6) is 0 Å². The molecule has 0 aliphatic heterocycles. The highest BCUT2D eigenvalue weighted by Gasteiger charge is 1.97. The van der Waals surface area contributed by atoms with Gasteiger partial charge in [0.25, 0.3) is 0 Å². The topological polar surface area (TPSA) is 12.0 Å². The minimum Gasteiger partial charge on any atom is -0.316 e. The molecular weight excluding hydrogens is 238 g/mol. The normalized spacial score (nSPS) is 11.2. The second-order valence-electron chi connectivity index (χ2n) is 5.48. The van der Waals surface area contributed by atoms with Gasteiger partial charge in [0, 0.05) is 18.1 Å². The lowest BCUT2D eigenvalue weighted by Gasteiger charge is -2.07. The maximum absolute atomic E-state index is 3.50. The third kappa shape index (κ3) is 7.07. The van der Waals surface area contributed by atoms with Crippen LogP contribution in [0.25, 0.3) is 0 Å². The summed E-state index contributed by atoms with van der Waals surface area (Å²) in [6.07, 6.45) is 1.28. The average molecular weight is 265 g/mol. The maximum Gasteiger partial charge on any atom is 0.0185 e. The number of aryl methyl sites for hydroxylation is 2. The molecule has 1 N–H and O–H groups in total. The quantitative estimate of drug-likeness (QED) is 0.708. The zero-order valence-corrected chi connectivity index (χ0v) is 13.1. The molecular formula is C16H27NS. The van der Waals surface area contributed by atoms with Crippen molar-refractivity contribution in [1.29, 1.82) is 0 Å². The predicted molar refractivity (Wildman–Crippen MR) is 84.4 cm³/mol. The number of hydrogen-bond acceptors (Lipinski definition) is 2. The van der Waals surface area contributed by atoms with Gasteiger partial charge in [-0.25, -0.2) is 0 Å². The molecule has 0 atom stereocenters. The number of thioether (sulfide) groups is 1. The average Bonchev–Trinajstić information content (AvgIpc) is 2.26. The van der Waals surface area contributed by atoms with E-state index in [9.17, 15) is 0 Å². The van der Waals surface area contributed by atoms with Gasteiger partial charge < -0.3 is 5.32 Å². The summed E-state index contributed by atoms with van der Waals surface area (Å²) >= 11 is 2.02. The van der Waals surface area contributed by atoms with Crippen molar-refractivity contribution in [3.8, 4) is 0 Å². The van der Waals surface area contributed by atoms with Crippen LogP contribution in [0.1, 0.15) is 37.0 Å². The third-order valence-electron chi connectivity index (χ3n) is 2.87. The third-order valence-corrected chi connectivity index (χ3v) is 3.90. The van der Waals surface area contributed by atoms with E-state index in [-0.39, 0.29) is 0 Å². The molecule has 1 aromatic carbocycles. The largest absolute Gasteiger partial charge is 0.316 e. The molecule has 2 heteroatoms. The van der Waals surface area contributed by atoms with Gasteiger partial charge in [0.05, 0.1) is 0 Å². The second kappa shape index (κ2) is 8.60. The van der Waals surface area contributed by atoms with Gasteiger partial charge in [-0.1, -0.05) is 43.2 Å². The highest BCUT2D eigenvalue weighted by molar-refractivity contribution is 7.98. The van der Waals surface area contributed by atoms with Crippen LogP contribution in [0.15, 0.2) is 18.2 Å². The molecule has 0 heterocycles. The van der Waals surface area contributed by atoms with Crippen molar-refractivity contribution in [1.82, 2.24) is 5.32 Å². The Morgan fingerprint density at radius 2 is 1.72 bits per heavy atom. The van der Waals surface area contributed by atoms with Crippen LogP contribution in [-0.2, 0) is 5.75 Å². The molecule has 0 bridgehead atoms. The minimum atomic E-state index is 0.806. The van der Waals surface area contributed by atoms with Gasteiger partial charge in [0.15, 0.2) is 0 Å². The van der Waals surface area contributed by atoms with Crippen LogP contribution < -0.4 is 5.32 Å². The Labute approximate surface area is 117 Å². The lowest BCUT2D eigenvalue weighted by molar-refractivity contribution is 0.547. The number of benzene rings is 1. The summed E-state index contributed by atoms with van der Waals surface area (Å²) in [4.78, 5) is 0. The molecule has 0 saturated heterocycles. The Hall–Kier alpha value is -0.470. The standard InChI is InChI=1S/C16H27NS/c1-13(2)5-6-17-7-8-18-12-16-10-14(3)9-15(4)11-16/h9-11,13,17H,5-8,12H2,1-4H3. The molecule has 0 saturated carbocycles. The van der Waals surface area contributed by atoms with E-state index in [1.807, 2.05) is 11.8 Å². The lowest BCUT2D eigenvalue weighted by Crippen LogP contribution is -2.19. The summed E-state index contributed by atoms with van der Waals surface area (Å²) in [6, 6.07) is 6.83. The smallest absolute Gasteiger partial charge is 0.0185 e. The first-order chi connectivity index (χ1) is 8.58. The highest BCUT2D eigenvalue weighted by Crippen LogP contribution is 2.15. The SMILES string of the molecule is Cc1cc(C)cc(CSCCNCCC(C)C)c1. The van der Waals surface area contributed by atoms with Crippen molar-refractivity contribution in [3.05, 3.63) is 34.9 Å². The molecule has 18 heavy (non-hydrogen) atoms. The zero-order chi connectivity index (χ0) is 13.4. The van der Waals surface area contributed by atoms with Gasteiger partial charge in [-0.15, -0.1) is 0 Å². The van der Waals surface area contributed by atoms with E-state index in [1.165, 1.54) is 28.9 Å². The summed E-state index contributed by atoms with van der Waals surface area (Å²) < 4.78 is 0. The number of nitrogens with one attached hydrogen (secondary N) is 1. The van der Waals surface area contributed by atoms with E-state index >= 15 is 0 Å². The van der Waals surface area contributed by atoms with Crippen LogP contribution in [0.4, 0.5) is 0 Å². The van der Waals surface area contributed by atoms with E-state index in [4.69, 9.17) is 0 Å². The molecule has 1 nitrogen and oxygen atoms in total. The van der Waals surface area contributed by atoms with Crippen molar-refractivity contribution in [2.24, 2.45) is 5.92 Å². The van der Waals surface area contributed by atoms with Gasteiger partial charge in [0.2, 0.25) is 0 Å². The van der Waals surface area contributed by atoms with E-state index in [1.54, 1.807) is 0 Å². The first-order valence-electron chi connectivity index (χ1n) is 6.93. The fraction of sp³-hybridized carbons (Fsp3) is 0.625. The van der Waals surface area contributed by atoms with Crippen LogP contribution in [0.2, 0.25) is 0 Å². The Morgan fingerprint density at radius 3 is 2.33 bits per heavy atom. The van der Waals surface area contributed by atoms with Crippen molar-refractivity contribution in [3.63, 3.8) is 0 Å². The fourth-order valence-corrected chi connectivity index (χ4v) is 2.84. The molecule has 1 aromatic rings. The summed E-state index contributed by atoms with van der Waals surface area (Å²) in [6.45, 7) is 11.2. The Morgan fingerprint density at radius 1 is 1.06 bits per heavy atom. The van der Waals surface area contributed by atoms with Gasteiger partial charge in [0.1, 0.15) is 0 Å². The minimum absolute atomic E-state index is 0.806. The highest BCUT2D eigenvalue weighted by atomic mass is 32.2. The van der Waals surface area contributed by atoms with Crippen LogP contribution in [0, 0.1) is 19.8 Å². The van der Waals surface area contributed by atoms with E-state index in [0.717, 1.165) is 24.8 Å². The van der Waals surface area contributed by atoms with Crippen LogP contribution >= 0.6 is 11.8 Å². The van der Waals surface area contributed by atoms with Crippen molar-refractivity contribution in [2.75, 3.05) is 18.8 Å². The summed E-state index contributed by atoms with van der Waals surface area (Å²) in [7, 11) is 0. The molecule has 0 radical (unpaired) electrons.